The van der Waals surface area contributed by atoms with E-state index in [-0.39, 0.29) is 5.56 Å². The third-order valence-electron chi connectivity index (χ3n) is 2.68. The summed E-state index contributed by atoms with van der Waals surface area (Å²) in [5.74, 6) is -0.664. The van der Waals surface area contributed by atoms with Gasteiger partial charge < -0.3 is 19.5 Å². The fourth-order valence-corrected chi connectivity index (χ4v) is 1.64. The zero-order valence-corrected chi connectivity index (χ0v) is 13.6. The van der Waals surface area contributed by atoms with Crippen molar-refractivity contribution in [1.82, 2.24) is 10.6 Å². The van der Waals surface area contributed by atoms with Gasteiger partial charge in [0, 0.05) is 6.54 Å². The minimum absolute atomic E-state index is 0.184. The predicted molar refractivity (Wildman–Crippen MR) is 86.2 cm³/mol. The Balaban J connectivity index is 2.62. The molecule has 0 aliphatic carbocycles. The molecule has 8 nitrogen and oxygen atoms in total. The number of hydrogen-bond acceptors (Lipinski definition) is 6. The second-order valence-electron chi connectivity index (χ2n) is 4.45. The van der Waals surface area contributed by atoms with Gasteiger partial charge in [-0.2, -0.15) is 0 Å². The summed E-state index contributed by atoms with van der Waals surface area (Å²) < 4.78 is 15.4. The van der Waals surface area contributed by atoms with Crippen LogP contribution in [0, 0.1) is 0 Å². The van der Waals surface area contributed by atoms with Crippen LogP contribution in [0.5, 0.6) is 11.5 Å². The number of urea groups is 1. The summed E-state index contributed by atoms with van der Waals surface area (Å²) in [5.41, 5.74) is 0.184. The lowest BCUT2D eigenvalue weighted by Crippen LogP contribution is -2.41. The van der Waals surface area contributed by atoms with E-state index >= 15 is 0 Å². The molecule has 0 saturated carbocycles. The Labute approximate surface area is 139 Å². The van der Waals surface area contributed by atoms with E-state index in [1.54, 1.807) is 19.1 Å². The van der Waals surface area contributed by atoms with Crippen LogP contribution >= 0.6 is 0 Å². The minimum atomic E-state index is -0.729. The van der Waals surface area contributed by atoms with Gasteiger partial charge in [-0.05, 0) is 25.1 Å². The molecule has 0 aromatic heterocycles. The largest absolute Gasteiger partial charge is 0.493 e. The molecule has 0 radical (unpaired) electrons. The maximum Gasteiger partial charge on any atom is 0.338 e. The molecule has 0 aliphatic heterocycles. The number of carbonyl (C=O) groups excluding carboxylic acids is 3. The molecule has 0 aliphatic rings. The lowest BCUT2D eigenvalue weighted by Gasteiger charge is -2.11. The van der Waals surface area contributed by atoms with Crippen molar-refractivity contribution in [1.29, 1.82) is 0 Å². The second-order valence-corrected chi connectivity index (χ2v) is 4.45. The Morgan fingerprint density at radius 1 is 1.25 bits per heavy atom. The fraction of sp³-hybridized carbons (Fsp3) is 0.312. The van der Waals surface area contributed by atoms with E-state index in [1.807, 2.05) is 5.32 Å². The first-order valence-electron chi connectivity index (χ1n) is 7.18. The van der Waals surface area contributed by atoms with Gasteiger partial charge in [-0.15, -0.1) is 0 Å². The molecule has 8 heteroatoms. The summed E-state index contributed by atoms with van der Waals surface area (Å²) in [7, 11) is 1.44. The van der Waals surface area contributed by atoms with Crippen molar-refractivity contribution in [2.24, 2.45) is 0 Å². The first-order valence-corrected chi connectivity index (χ1v) is 7.18. The van der Waals surface area contributed by atoms with E-state index in [4.69, 9.17) is 14.2 Å². The van der Waals surface area contributed by atoms with Crippen molar-refractivity contribution in [2.45, 2.75) is 6.92 Å². The molecule has 1 rings (SSSR count). The summed E-state index contributed by atoms with van der Waals surface area (Å²) >= 11 is 0. The van der Waals surface area contributed by atoms with Crippen molar-refractivity contribution in [3.63, 3.8) is 0 Å². The van der Waals surface area contributed by atoms with E-state index in [0.29, 0.717) is 24.7 Å². The van der Waals surface area contributed by atoms with Crippen LogP contribution < -0.4 is 20.1 Å². The average Bonchev–Trinajstić information content (AvgIpc) is 2.57. The van der Waals surface area contributed by atoms with Crippen molar-refractivity contribution in [2.75, 3.05) is 26.9 Å². The SMILES string of the molecule is C=CCOc1ccc(C(=O)OCC(=O)NC(=O)NCC)cc1OC. The molecular formula is C16H20N2O6. The summed E-state index contributed by atoms with van der Waals surface area (Å²) in [5, 5.41) is 4.41. The van der Waals surface area contributed by atoms with Crippen LogP contribution in [0.25, 0.3) is 0 Å². The highest BCUT2D eigenvalue weighted by atomic mass is 16.5. The van der Waals surface area contributed by atoms with Crippen LogP contribution in [0.3, 0.4) is 0 Å². The highest BCUT2D eigenvalue weighted by molar-refractivity contribution is 5.97. The molecule has 0 heterocycles. The van der Waals surface area contributed by atoms with Gasteiger partial charge in [0.2, 0.25) is 0 Å². The number of carbonyl (C=O) groups is 3. The Morgan fingerprint density at radius 2 is 2.00 bits per heavy atom. The third kappa shape index (κ3) is 5.99. The Morgan fingerprint density at radius 3 is 2.62 bits per heavy atom. The zero-order valence-electron chi connectivity index (χ0n) is 13.6. The zero-order chi connectivity index (χ0) is 17.9. The van der Waals surface area contributed by atoms with Crippen molar-refractivity contribution >= 4 is 17.9 Å². The quantitative estimate of drug-likeness (QED) is 0.547. The van der Waals surface area contributed by atoms with Gasteiger partial charge in [0.25, 0.3) is 5.91 Å². The van der Waals surface area contributed by atoms with Crippen molar-refractivity contribution in [3.05, 3.63) is 36.4 Å². The molecule has 1 aromatic rings. The molecular weight excluding hydrogens is 316 g/mol. The third-order valence-corrected chi connectivity index (χ3v) is 2.68. The highest BCUT2D eigenvalue weighted by Gasteiger charge is 2.14. The number of imide groups is 1. The lowest BCUT2D eigenvalue weighted by atomic mass is 10.2. The number of benzene rings is 1. The van der Waals surface area contributed by atoms with Gasteiger partial charge in [0.15, 0.2) is 18.1 Å². The number of esters is 1. The summed E-state index contributed by atoms with van der Waals surface area (Å²) in [4.78, 5) is 34.5. The van der Waals surface area contributed by atoms with Gasteiger partial charge >= 0.3 is 12.0 Å². The summed E-state index contributed by atoms with van der Waals surface area (Å²) in [6.07, 6.45) is 1.58. The van der Waals surface area contributed by atoms with Crippen LogP contribution in [-0.4, -0.2) is 44.8 Å². The number of nitrogens with one attached hydrogen (secondary N) is 2. The molecule has 0 spiro atoms. The molecule has 0 bridgehead atoms. The van der Waals surface area contributed by atoms with Crippen LogP contribution in [0.1, 0.15) is 17.3 Å². The van der Waals surface area contributed by atoms with E-state index in [2.05, 4.69) is 11.9 Å². The molecule has 3 amide bonds. The van der Waals surface area contributed by atoms with Crippen LogP contribution in [0.2, 0.25) is 0 Å². The molecule has 1 aromatic carbocycles. The smallest absolute Gasteiger partial charge is 0.338 e. The number of methoxy groups -OCH3 is 1. The average molecular weight is 336 g/mol. The fourth-order valence-electron chi connectivity index (χ4n) is 1.64. The van der Waals surface area contributed by atoms with Gasteiger partial charge in [0.05, 0.1) is 12.7 Å². The monoisotopic (exact) mass is 336 g/mol. The highest BCUT2D eigenvalue weighted by Crippen LogP contribution is 2.28. The number of ether oxygens (including phenoxy) is 3. The molecule has 0 saturated heterocycles. The molecule has 130 valence electrons. The molecule has 24 heavy (non-hydrogen) atoms. The van der Waals surface area contributed by atoms with Crippen LogP contribution in [0.15, 0.2) is 30.9 Å². The van der Waals surface area contributed by atoms with Crippen molar-refractivity contribution < 1.29 is 28.6 Å². The van der Waals surface area contributed by atoms with Crippen LogP contribution in [0.4, 0.5) is 4.79 Å². The number of rotatable bonds is 8. The first kappa shape index (κ1) is 19.0. The van der Waals surface area contributed by atoms with E-state index < -0.39 is 24.5 Å². The molecule has 0 fully saturated rings. The summed E-state index contributed by atoms with van der Waals surface area (Å²) in [6, 6.07) is 3.81. The second kappa shape index (κ2) is 9.88. The maximum absolute atomic E-state index is 11.9. The van der Waals surface area contributed by atoms with Gasteiger partial charge in [-0.1, -0.05) is 12.7 Å². The molecule has 0 unspecified atom stereocenters. The Kier molecular flexibility index (Phi) is 7.83. The number of amides is 3. The number of hydrogen-bond donors (Lipinski definition) is 2. The maximum atomic E-state index is 11.9. The van der Waals surface area contributed by atoms with Crippen LogP contribution in [-0.2, 0) is 9.53 Å². The van der Waals surface area contributed by atoms with Gasteiger partial charge in [0.1, 0.15) is 6.61 Å². The molecule has 2 N–H and O–H groups in total. The lowest BCUT2D eigenvalue weighted by molar-refractivity contribution is -0.123. The molecule has 0 atom stereocenters. The standard InChI is InChI=1S/C16H20N2O6/c1-4-8-23-12-7-6-11(9-13(12)22-3)15(20)24-10-14(19)18-16(21)17-5-2/h4,6-7,9H,1,5,8,10H2,2-3H3,(H2,17,18,19,21). The Bertz CT molecular complexity index is 615. The first-order chi connectivity index (χ1) is 11.5. The Hall–Kier alpha value is -3.03. The van der Waals surface area contributed by atoms with E-state index in [1.165, 1.54) is 19.2 Å². The normalized spacial score (nSPS) is 9.58. The summed E-state index contributed by atoms with van der Waals surface area (Å²) in [6.45, 7) is 5.34. The van der Waals surface area contributed by atoms with E-state index in [9.17, 15) is 14.4 Å². The van der Waals surface area contributed by atoms with Crippen molar-refractivity contribution in [3.8, 4) is 11.5 Å². The van der Waals surface area contributed by atoms with E-state index in [0.717, 1.165) is 0 Å². The topological polar surface area (TPSA) is 103 Å². The predicted octanol–water partition coefficient (Wildman–Crippen LogP) is 1.26. The van der Waals surface area contributed by atoms with Gasteiger partial charge in [-0.25, -0.2) is 9.59 Å². The van der Waals surface area contributed by atoms with Gasteiger partial charge in [-0.3, -0.25) is 10.1 Å². The minimum Gasteiger partial charge on any atom is -0.493 e.